The van der Waals surface area contributed by atoms with E-state index < -0.39 is 41.4 Å². The number of hydrogen-bond donors (Lipinski definition) is 1. The van der Waals surface area contributed by atoms with E-state index in [2.05, 4.69) is 0 Å². The van der Waals surface area contributed by atoms with Crippen LogP contribution in [-0.2, 0) is 17.5 Å². The lowest BCUT2D eigenvalue weighted by molar-refractivity contribution is -0.137. The smallest absolute Gasteiger partial charge is 0.416 e. The summed E-state index contributed by atoms with van der Waals surface area (Å²) in [6.07, 6.45) is -5.97. The molecule has 1 heterocycles. The van der Waals surface area contributed by atoms with Crippen molar-refractivity contribution in [2.24, 2.45) is 0 Å². The molecule has 11 heteroatoms. The van der Waals surface area contributed by atoms with Crippen LogP contribution in [0.1, 0.15) is 16.7 Å². The molecule has 1 aliphatic rings. The second-order valence-electron chi connectivity index (χ2n) is 7.91. The summed E-state index contributed by atoms with van der Waals surface area (Å²) in [7, 11) is 1.34. The third kappa shape index (κ3) is 5.52. The van der Waals surface area contributed by atoms with E-state index in [1.54, 1.807) is 11.8 Å². The molecule has 1 aliphatic heterocycles. The number of piperazine rings is 1. The summed E-state index contributed by atoms with van der Waals surface area (Å²) in [5, 5.41) is 9.38. The highest BCUT2D eigenvalue weighted by Gasteiger charge is 2.37. The normalized spacial score (nSPS) is 16.6. The average Bonchev–Trinajstić information content (AvgIpc) is 2.71. The zero-order valence-electron chi connectivity index (χ0n) is 17.9. The first kappa shape index (κ1) is 24.3. The molecule has 6 nitrogen and oxygen atoms in total. The van der Waals surface area contributed by atoms with Gasteiger partial charge in [-0.05, 0) is 54.4 Å². The van der Waals surface area contributed by atoms with E-state index in [4.69, 9.17) is 0 Å². The Bertz CT molecular complexity index is 1060. The van der Waals surface area contributed by atoms with E-state index in [0.717, 1.165) is 21.9 Å². The SMILES string of the molecule is Cc1cc(F)ccc1N1CCN(C(=O)O)CC1C(=O)N(C)Cc1cc(F)cc(C(F)(F)F)c1. The molecular weight excluding hydrogens is 449 g/mol. The van der Waals surface area contributed by atoms with Gasteiger partial charge < -0.3 is 19.8 Å². The molecule has 0 saturated carbocycles. The van der Waals surface area contributed by atoms with Crippen molar-refractivity contribution in [1.82, 2.24) is 9.80 Å². The molecule has 0 aliphatic carbocycles. The molecule has 2 aromatic carbocycles. The Kier molecular flexibility index (Phi) is 6.80. The standard InChI is InChI=1S/C22H22F5N3O3/c1-13-7-16(23)3-4-18(13)30-6-5-29(21(32)33)12-19(30)20(31)28(2)11-14-8-15(22(25,26)27)10-17(24)9-14/h3-4,7-10,19H,5-6,11-12H2,1-2H3,(H,32,33). The maximum Gasteiger partial charge on any atom is 0.416 e. The van der Waals surface area contributed by atoms with Crippen LogP contribution in [0.25, 0.3) is 0 Å². The fourth-order valence-electron chi connectivity index (χ4n) is 3.91. The Labute approximate surface area is 186 Å². The van der Waals surface area contributed by atoms with E-state index in [1.165, 1.54) is 25.2 Å². The number of carboxylic acid groups (broad SMARTS) is 1. The van der Waals surface area contributed by atoms with Gasteiger partial charge in [-0.2, -0.15) is 13.2 Å². The van der Waals surface area contributed by atoms with Crippen LogP contribution >= 0.6 is 0 Å². The van der Waals surface area contributed by atoms with Crippen LogP contribution in [0, 0.1) is 18.6 Å². The minimum atomic E-state index is -4.75. The maximum absolute atomic E-state index is 13.8. The molecule has 1 unspecified atom stereocenters. The van der Waals surface area contributed by atoms with Crippen LogP contribution in [0.5, 0.6) is 0 Å². The Morgan fingerprint density at radius 2 is 1.79 bits per heavy atom. The van der Waals surface area contributed by atoms with Gasteiger partial charge in [-0.25, -0.2) is 13.6 Å². The fraction of sp³-hybridized carbons (Fsp3) is 0.364. The number of rotatable bonds is 4. The summed E-state index contributed by atoms with van der Waals surface area (Å²) < 4.78 is 66.4. The predicted octanol–water partition coefficient (Wildman–Crippen LogP) is 4.12. The molecule has 1 atom stereocenters. The number of anilines is 1. The summed E-state index contributed by atoms with van der Waals surface area (Å²) in [6.45, 7) is 1.41. The number of halogens is 5. The molecule has 0 bridgehead atoms. The quantitative estimate of drug-likeness (QED) is 0.682. The van der Waals surface area contributed by atoms with E-state index in [9.17, 15) is 36.6 Å². The first-order chi connectivity index (χ1) is 15.4. The van der Waals surface area contributed by atoms with Crippen LogP contribution < -0.4 is 4.90 Å². The van der Waals surface area contributed by atoms with E-state index in [0.29, 0.717) is 17.3 Å². The van der Waals surface area contributed by atoms with Crippen LogP contribution in [0.3, 0.4) is 0 Å². The number of likely N-dealkylation sites (N-methyl/N-ethyl adjacent to an activating group) is 1. The molecule has 0 spiro atoms. The van der Waals surface area contributed by atoms with Gasteiger partial charge >= 0.3 is 12.3 Å². The van der Waals surface area contributed by atoms with Gasteiger partial charge in [-0.3, -0.25) is 4.79 Å². The minimum absolute atomic E-state index is 0.0615. The monoisotopic (exact) mass is 471 g/mol. The lowest BCUT2D eigenvalue weighted by atomic mass is 10.1. The van der Waals surface area contributed by atoms with Crippen molar-refractivity contribution >= 4 is 17.7 Å². The van der Waals surface area contributed by atoms with Gasteiger partial charge in [0.25, 0.3) is 0 Å². The van der Waals surface area contributed by atoms with Crippen LogP contribution in [0.15, 0.2) is 36.4 Å². The Morgan fingerprint density at radius 3 is 2.39 bits per heavy atom. The van der Waals surface area contributed by atoms with Crippen LogP contribution in [0.2, 0.25) is 0 Å². The molecule has 1 fully saturated rings. The van der Waals surface area contributed by atoms with Gasteiger partial charge in [-0.15, -0.1) is 0 Å². The summed E-state index contributed by atoms with van der Waals surface area (Å²) in [5.74, 6) is -2.12. The van der Waals surface area contributed by atoms with Gasteiger partial charge in [0.2, 0.25) is 5.91 Å². The summed E-state index contributed by atoms with van der Waals surface area (Å²) in [6, 6.07) is 5.04. The zero-order valence-corrected chi connectivity index (χ0v) is 17.9. The molecule has 2 amide bonds. The molecule has 1 N–H and O–H groups in total. The molecule has 0 radical (unpaired) electrons. The van der Waals surface area contributed by atoms with Crippen molar-refractivity contribution in [2.75, 3.05) is 31.6 Å². The predicted molar refractivity (Wildman–Crippen MR) is 110 cm³/mol. The van der Waals surface area contributed by atoms with Gasteiger partial charge in [0.1, 0.15) is 17.7 Å². The first-order valence-corrected chi connectivity index (χ1v) is 9.99. The van der Waals surface area contributed by atoms with Crippen molar-refractivity contribution < 1.29 is 36.6 Å². The molecule has 3 rings (SSSR count). The van der Waals surface area contributed by atoms with Crippen molar-refractivity contribution in [1.29, 1.82) is 0 Å². The highest BCUT2D eigenvalue weighted by Crippen LogP contribution is 2.31. The number of benzene rings is 2. The Balaban J connectivity index is 1.88. The minimum Gasteiger partial charge on any atom is -0.465 e. The number of aryl methyl sites for hydroxylation is 1. The lowest BCUT2D eigenvalue weighted by Crippen LogP contribution is -2.60. The molecule has 0 aromatic heterocycles. The molecule has 1 saturated heterocycles. The Hall–Kier alpha value is -3.37. The van der Waals surface area contributed by atoms with E-state index in [1.807, 2.05) is 0 Å². The summed E-state index contributed by atoms with van der Waals surface area (Å²) >= 11 is 0. The zero-order chi connectivity index (χ0) is 24.5. The number of alkyl halides is 3. The topological polar surface area (TPSA) is 64.1 Å². The molecule has 33 heavy (non-hydrogen) atoms. The number of amides is 2. The van der Waals surface area contributed by atoms with E-state index >= 15 is 0 Å². The Morgan fingerprint density at radius 1 is 1.09 bits per heavy atom. The van der Waals surface area contributed by atoms with E-state index in [-0.39, 0.29) is 31.7 Å². The second kappa shape index (κ2) is 9.24. The number of carbonyl (C=O) groups excluding carboxylic acids is 1. The van der Waals surface area contributed by atoms with Crippen molar-refractivity contribution in [3.63, 3.8) is 0 Å². The molecular formula is C22H22F5N3O3. The summed E-state index contributed by atoms with van der Waals surface area (Å²) in [5.41, 5.74) is -0.150. The van der Waals surface area contributed by atoms with Crippen molar-refractivity contribution in [3.8, 4) is 0 Å². The largest absolute Gasteiger partial charge is 0.465 e. The second-order valence-corrected chi connectivity index (χ2v) is 7.91. The maximum atomic E-state index is 13.8. The summed E-state index contributed by atoms with van der Waals surface area (Å²) in [4.78, 5) is 28.6. The number of hydrogen-bond acceptors (Lipinski definition) is 3. The van der Waals surface area contributed by atoms with Crippen molar-refractivity contribution in [3.05, 3.63) is 64.7 Å². The first-order valence-electron chi connectivity index (χ1n) is 9.99. The molecule has 2 aromatic rings. The number of nitrogens with zero attached hydrogens (tertiary/aromatic N) is 3. The highest BCUT2D eigenvalue weighted by molar-refractivity contribution is 5.87. The highest BCUT2D eigenvalue weighted by atomic mass is 19.4. The van der Waals surface area contributed by atoms with Gasteiger partial charge in [-0.1, -0.05) is 0 Å². The van der Waals surface area contributed by atoms with Gasteiger partial charge in [0.05, 0.1) is 12.1 Å². The van der Waals surface area contributed by atoms with Crippen LogP contribution in [-0.4, -0.2) is 59.6 Å². The van der Waals surface area contributed by atoms with Crippen molar-refractivity contribution in [2.45, 2.75) is 25.7 Å². The third-order valence-electron chi connectivity index (χ3n) is 5.49. The molecule has 178 valence electrons. The van der Waals surface area contributed by atoms with Gasteiger partial charge in [0, 0.05) is 32.4 Å². The third-order valence-corrected chi connectivity index (χ3v) is 5.49. The average molecular weight is 471 g/mol. The number of carbonyl (C=O) groups is 2. The van der Waals surface area contributed by atoms with Crippen LogP contribution in [0.4, 0.5) is 32.4 Å². The fourth-order valence-corrected chi connectivity index (χ4v) is 3.91. The van der Waals surface area contributed by atoms with Gasteiger partial charge in [0.15, 0.2) is 0 Å². The lowest BCUT2D eigenvalue weighted by Gasteiger charge is -2.42.